The molecule has 0 fully saturated rings. The van der Waals surface area contributed by atoms with Gasteiger partial charge in [0.25, 0.3) is 0 Å². The molecule has 1 aromatic heterocycles. The molecule has 0 saturated carbocycles. The first-order valence-electron chi connectivity index (χ1n) is 7.14. The molecule has 108 valence electrons. The summed E-state index contributed by atoms with van der Waals surface area (Å²) in [6.45, 7) is 4.22. The highest BCUT2D eigenvalue weighted by Gasteiger charge is 2.16. The van der Waals surface area contributed by atoms with Crippen LogP contribution in [0.15, 0.2) is 47.2 Å². The SMILES string of the molecule is CC(Cc1ccsc1)NC(C)C(O)Cc1ccccc1. The highest BCUT2D eigenvalue weighted by atomic mass is 32.1. The Morgan fingerprint density at radius 3 is 2.45 bits per heavy atom. The van der Waals surface area contributed by atoms with Crippen LogP contribution in [-0.2, 0) is 12.8 Å². The molecule has 0 radical (unpaired) electrons. The van der Waals surface area contributed by atoms with Gasteiger partial charge in [0.2, 0.25) is 0 Å². The van der Waals surface area contributed by atoms with E-state index in [-0.39, 0.29) is 12.1 Å². The zero-order chi connectivity index (χ0) is 14.4. The summed E-state index contributed by atoms with van der Waals surface area (Å²) in [5.41, 5.74) is 2.54. The standard InChI is InChI=1S/C17H23NOS/c1-13(10-16-8-9-20-12-16)18-14(2)17(19)11-15-6-4-3-5-7-15/h3-9,12-14,17-19H,10-11H2,1-2H3. The van der Waals surface area contributed by atoms with Gasteiger partial charge in [-0.1, -0.05) is 30.3 Å². The second kappa shape index (κ2) is 7.58. The van der Waals surface area contributed by atoms with Crippen molar-refractivity contribution in [1.29, 1.82) is 0 Å². The van der Waals surface area contributed by atoms with Gasteiger partial charge < -0.3 is 10.4 Å². The predicted octanol–water partition coefficient (Wildman–Crippen LogP) is 3.26. The molecule has 2 rings (SSSR count). The Morgan fingerprint density at radius 2 is 1.80 bits per heavy atom. The summed E-state index contributed by atoms with van der Waals surface area (Å²) >= 11 is 1.73. The first kappa shape index (κ1) is 15.2. The van der Waals surface area contributed by atoms with Crippen LogP contribution in [-0.4, -0.2) is 23.3 Å². The largest absolute Gasteiger partial charge is 0.391 e. The van der Waals surface area contributed by atoms with E-state index in [0.29, 0.717) is 12.5 Å². The summed E-state index contributed by atoms with van der Waals surface area (Å²) in [6.07, 6.45) is 1.34. The third-order valence-electron chi connectivity index (χ3n) is 3.53. The van der Waals surface area contributed by atoms with Crippen LogP contribution < -0.4 is 5.32 Å². The summed E-state index contributed by atoms with van der Waals surface area (Å²) in [7, 11) is 0. The average molecular weight is 289 g/mol. The number of benzene rings is 1. The van der Waals surface area contributed by atoms with Crippen LogP contribution >= 0.6 is 11.3 Å². The van der Waals surface area contributed by atoms with Gasteiger partial charge in [0.1, 0.15) is 0 Å². The Morgan fingerprint density at radius 1 is 1.05 bits per heavy atom. The van der Waals surface area contributed by atoms with E-state index >= 15 is 0 Å². The van der Waals surface area contributed by atoms with Crippen LogP contribution in [0.5, 0.6) is 0 Å². The van der Waals surface area contributed by atoms with E-state index < -0.39 is 0 Å². The van der Waals surface area contributed by atoms with Crippen LogP contribution in [0.1, 0.15) is 25.0 Å². The highest BCUT2D eigenvalue weighted by Crippen LogP contribution is 2.10. The van der Waals surface area contributed by atoms with Gasteiger partial charge in [0.05, 0.1) is 6.10 Å². The van der Waals surface area contributed by atoms with Crippen molar-refractivity contribution in [3.05, 3.63) is 58.3 Å². The molecule has 1 heterocycles. The lowest BCUT2D eigenvalue weighted by Gasteiger charge is -2.24. The van der Waals surface area contributed by atoms with Gasteiger partial charge >= 0.3 is 0 Å². The lowest BCUT2D eigenvalue weighted by Crippen LogP contribution is -2.44. The molecule has 2 N–H and O–H groups in total. The number of aliphatic hydroxyl groups excluding tert-OH is 1. The monoisotopic (exact) mass is 289 g/mol. The number of aliphatic hydroxyl groups is 1. The number of nitrogens with one attached hydrogen (secondary N) is 1. The molecule has 2 nitrogen and oxygen atoms in total. The molecule has 20 heavy (non-hydrogen) atoms. The first-order chi connectivity index (χ1) is 9.65. The minimum atomic E-state index is -0.359. The maximum absolute atomic E-state index is 10.3. The topological polar surface area (TPSA) is 32.3 Å². The smallest absolute Gasteiger partial charge is 0.0730 e. The van der Waals surface area contributed by atoms with Crippen molar-refractivity contribution in [3.8, 4) is 0 Å². The van der Waals surface area contributed by atoms with E-state index in [1.165, 1.54) is 11.1 Å². The van der Waals surface area contributed by atoms with Crippen molar-refractivity contribution < 1.29 is 5.11 Å². The molecule has 0 bridgehead atoms. The van der Waals surface area contributed by atoms with Gasteiger partial charge in [-0.15, -0.1) is 0 Å². The van der Waals surface area contributed by atoms with E-state index in [9.17, 15) is 5.11 Å². The maximum Gasteiger partial charge on any atom is 0.0730 e. The fourth-order valence-corrected chi connectivity index (χ4v) is 3.10. The van der Waals surface area contributed by atoms with Crippen LogP contribution in [0.2, 0.25) is 0 Å². The Kier molecular flexibility index (Phi) is 5.77. The second-order valence-corrected chi connectivity index (χ2v) is 6.23. The first-order valence-corrected chi connectivity index (χ1v) is 8.08. The van der Waals surface area contributed by atoms with Crippen molar-refractivity contribution in [2.45, 2.75) is 44.9 Å². The quantitative estimate of drug-likeness (QED) is 0.820. The molecule has 3 unspecified atom stereocenters. The summed E-state index contributed by atoms with van der Waals surface area (Å²) in [4.78, 5) is 0. The fraction of sp³-hybridized carbons (Fsp3) is 0.412. The molecular formula is C17H23NOS. The van der Waals surface area contributed by atoms with Crippen molar-refractivity contribution in [2.75, 3.05) is 0 Å². The average Bonchev–Trinajstić information content (AvgIpc) is 2.92. The second-order valence-electron chi connectivity index (χ2n) is 5.45. The van der Waals surface area contributed by atoms with Gasteiger partial charge in [-0.2, -0.15) is 11.3 Å². The van der Waals surface area contributed by atoms with Crippen LogP contribution in [0.4, 0.5) is 0 Å². The van der Waals surface area contributed by atoms with E-state index in [4.69, 9.17) is 0 Å². The fourth-order valence-electron chi connectivity index (χ4n) is 2.41. The molecule has 0 aliphatic carbocycles. The molecular weight excluding hydrogens is 266 g/mol. The van der Waals surface area contributed by atoms with Gasteiger partial charge in [-0.05, 0) is 54.6 Å². The number of thiophene rings is 1. The zero-order valence-corrected chi connectivity index (χ0v) is 12.9. The molecule has 3 atom stereocenters. The van der Waals surface area contributed by atoms with Crippen molar-refractivity contribution >= 4 is 11.3 Å². The van der Waals surface area contributed by atoms with E-state index in [1.54, 1.807) is 11.3 Å². The zero-order valence-electron chi connectivity index (χ0n) is 12.1. The van der Waals surface area contributed by atoms with E-state index in [2.05, 4.69) is 48.1 Å². The van der Waals surface area contributed by atoms with Crippen LogP contribution in [0, 0.1) is 0 Å². The molecule has 0 amide bonds. The highest BCUT2D eigenvalue weighted by molar-refractivity contribution is 7.07. The van der Waals surface area contributed by atoms with E-state index in [1.807, 2.05) is 18.2 Å². The molecule has 3 heteroatoms. The van der Waals surface area contributed by atoms with Crippen molar-refractivity contribution in [2.24, 2.45) is 0 Å². The minimum absolute atomic E-state index is 0.0869. The van der Waals surface area contributed by atoms with Crippen molar-refractivity contribution in [1.82, 2.24) is 5.32 Å². The lowest BCUT2D eigenvalue weighted by atomic mass is 10.0. The van der Waals surface area contributed by atoms with Gasteiger partial charge in [0, 0.05) is 12.1 Å². The molecule has 0 spiro atoms. The van der Waals surface area contributed by atoms with E-state index in [0.717, 1.165) is 6.42 Å². The summed E-state index contributed by atoms with van der Waals surface area (Å²) in [5.74, 6) is 0. The maximum atomic E-state index is 10.3. The summed E-state index contributed by atoms with van der Waals surface area (Å²) in [6, 6.07) is 12.8. The predicted molar refractivity (Wildman–Crippen MR) is 86.2 cm³/mol. The number of hydrogen-bond acceptors (Lipinski definition) is 3. The van der Waals surface area contributed by atoms with Crippen molar-refractivity contribution in [3.63, 3.8) is 0 Å². The molecule has 0 saturated heterocycles. The molecule has 1 aromatic carbocycles. The Balaban J connectivity index is 1.80. The van der Waals surface area contributed by atoms with Gasteiger partial charge in [-0.25, -0.2) is 0 Å². The minimum Gasteiger partial charge on any atom is -0.391 e. The van der Waals surface area contributed by atoms with Gasteiger partial charge in [0.15, 0.2) is 0 Å². The Labute approximate surface area is 125 Å². The molecule has 2 aromatic rings. The molecule has 0 aliphatic heterocycles. The molecule has 0 aliphatic rings. The van der Waals surface area contributed by atoms with Gasteiger partial charge in [-0.3, -0.25) is 0 Å². The lowest BCUT2D eigenvalue weighted by molar-refractivity contribution is 0.129. The Bertz CT molecular complexity index is 483. The number of rotatable bonds is 7. The third kappa shape index (κ3) is 4.75. The van der Waals surface area contributed by atoms with Crippen LogP contribution in [0.25, 0.3) is 0 Å². The summed E-state index contributed by atoms with van der Waals surface area (Å²) in [5, 5.41) is 18.1. The third-order valence-corrected chi connectivity index (χ3v) is 4.27. The summed E-state index contributed by atoms with van der Waals surface area (Å²) < 4.78 is 0. The van der Waals surface area contributed by atoms with Crippen LogP contribution in [0.3, 0.4) is 0 Å². The normalized spacial score (nSPS) is 15.8. The number of hydrogen-bond donors (Lipinski definition) is 2. The Hall–Kier alpha value is -1.16.